The zero-order valence-corrected chi connectivity index (χ0v) is 15.8. The Morgan fingerprint density at radius 1 is 1.08 bits per heavy atom. The van der Waals surface area contributed by atoms with Crippen molar-refractivity contribution in [3.05, 3.63) is 64.7 Å². The number of amides is 2. The lowest BCUT2D eigenvalue weighted by Gasteiger charge is -2.30. The molecule has 2 rings (SSSR count). The van der Waals surface area contributed by atoms with E-state index in [-0.39, 0.29) is 12.6 Å². The van der Waals surface area contributed by atoms with E-state index in [4.69, 9.17) is 0 Å². The average molecular weight is 340 g/mol. The summed E-state index contributed by atoms with van der Waals surface area (Å²) in [6, 6.07) is 13.7. The summed E-state index contributed by atoms with van der Waals surface area (Å²) in [6.07, 6.45) is 0. The van der Waals surface area contributed by atoms with Crippen LogP contribution >= 0.6 is 0 Å². The maximum atomic E-state index is 12.9. The van der Waals surface area contributed by atoms with Crippen LogP contribution in [0, 0.1) is 20.8 Å². The Bertz CT molecular complexity index is 710. The van der Waals surface area contributed by atoms with Gasteiger partial charge in [0.1, 0.15) is 0 Å². The number of urea groups is 1. The topological polar surface area (TPSA) is 52.6 Å². The smallest absolute Gasteiger partial charge is 0.322 e. The van der Waals surface area contributed by atoms with E-state index in [1.165, 1.54) is 5.56 Å². The first-order valence-corrected chi connectivity index (χ1v) is 8.56. The van der Waals surface area contributed by atoms with Crippen molar-refractivity contribution in [2.75, 3.05) is 11.9 Å². The van der Waals surface area contributed by atoms with Crippen molar-refractivity contribution >= 4 is 11.7 Å². The molecule has 0 bridgehead atoms. The fourth-order valence-electron chi connectivity index (χ4n) is 3.03. The van der Waals surface area contributed by atoms with Crippen LogP contribution in [0.25, 0.3) is 0 Å². The molecule has 2 N–H and O–H groups in total. The monoisotopic (exact) mass is 340 g/mol. The standard InChI is InChI=1S/C21H28N2O2/c1-15-11-16(2)19(17(3)12-15)22-20(24)23(14-21(4,5)25)13-18-9-7-6-8-10-18/h6-12,25H,13-14H2,1-5H3,(H,22,24). The van der Waals surface area contributed by atoms with Gasteiger partial charge >= 0.3 is 6.03 Å². The van der Waals surface area contributed by atoms with Gasteiger partial charge in [0, 0.05) is 12.2 Å². The molecule has 25 heavy (non-hydrogen) atoms. The summed E-state index contributed by atoms with van der Waals surface area (Å²) in [7, 11) is 0. The van der Waals surface area contributed by atoms with Gasteiger partial charge < -0.3 is 15.3 Å². The van der Waals surface area contributed by atoms with Crippen LogP contribution in [0.5, 0.6) is 0 Å². The number of hydrogen-bond donors (Lipinski definition) is 2. The second-order valence-electron chi connectivity index (χ2n) is 7.36. The first kappa shape index (κ1) is 19.0. The van der Waals surface area contributed by atoms with Crippen molar-refractivity contribution in [3.63, 3.8) is 0 Å². The fraction of sp³-hybridized carbons (Fsp3) is 0.381. The maximum absolute atomic E-state index is 12.9. The fourth-order valence-corrected chi connectivity index (χ4v) is 3.03. The molecular weight excluding hydrogens is 312 g/mol. The van der Waals surface area contributed by atoms with E-state index in [2.05, 4.69) is 17.4 Å². The predicted octanol–water partition coefficient (Wildman–Crippen LogP) is 4.42. The van der Waals surface area contributed by atoms with Gasteiger partial charge in [-0.15, -0.1) is 0 Å². The molecule has 4 heteroatoms. The van der Waals surface area contributed by atoms with Gasteiger partial charge in [0.25, 0.3) is 0 Å². The zero-order chi connectivity index (χ0) is 18.6. The van der Waals surface area contributed by atoms with Crippen LogP contribution in [0.2, 0.25) is 0 Å². The second-order valence-corrected chi connectivity index (χ2v) is 7.36. The molecule has 0 heterocycles. The molecule has 4 nitrogen and oxygen atoms in total. The summed E-state index contributed by atoms with van der Waals surface area (Å²) in [5.74, 6) is 0. The van der Waals surface area contributed by atoms with Crippen LogP contribution in [0.3, 0.4) is 0 Å². The van der Waals surface area contributed by atoms with Crippen LogP contribution in [0.4, 0.5) is 10.5 Å². The molecule has 0 saturated carbocycles. The van der Waals surface area contributed by atoms with Crippen LogP contribution in [0.15, 0.2) is 42.5 Å². The summed E-state index contributed by atoms with van der Waals surface area (Å²) in [6.45, 7) is 10.1. The molecular formula is C21H28N2O2. The highest BCUT2D eigenvalue weighted by Crippen LogP contribution is 2.23. The predicted molar refractivity (Wildman–Crippen MR) is 103 cm³/mol. The Hall–Kier alpha value is -2.33. The number of benzene rings is 2. The molecule has 134 valence electrons. The number of aryl methyl sites for hydroxylation is 3. The lowest BCUT2D eigenvalue weighted by atomic mass is 10.1. The molecule has 0 aliphatic carbocycles. The molecule has 2 aromatic carbocycles. The Morgan fingerprint density at radius 3 is 2.16 bits per heavy atom. The Balaban J connectivity index is 2.23. The zero-order valence-electron chi connectivity index (χ0n) is 15.8. The van der Waals surface area contributed by atoms with Crippen LogP contribution < -0.4 is 5.32 Å². The van der Waals surface area contributed by atoms with Crippen molar-refractivity contribution in [2.24, 2.45) is 0 Å². The quantitative estimate of drug-likeness (QED) is 0.847. The molecule has 0 atom stereocenters. The number of rotatable bonds is 5. The van der Waals surface area contributed by atoms with Crippen LogP contribution in [0.1, 0.15) is 36.1 Å². The van der Waals surface area contributed by atoms with Gasteiger partial charge in [-0.05, 0) is 51.3 Å². The highest BCUT2D eigenvalue weighted by Gasteiger charge is 2.23. The highest BCUT2D eigenvalue weighted by atomic mass is 16.3. The van der Waals surface area contributed by atoms with Crippen molar-refractivity contribution in [1.82, 2.24) is 4.90 Å². The average Bonchev–Trinajstić information content (AvgIpc) is 2.49. The Labute approximate surface area is 150 Å². The minimum absolute atomic E-state index is 0.207. The van der Waals surface area contributed by atoms with E-state index in [1.54, 1.807) is 18.7 Å². The summed E-state index contributed by atoms with van der Waals surface area (Å²) in [4.78, 5) is 14.5. The van der Waals surface area contributed by atoms with Gasteiger partial charge in [-0.3, -0.25) is 0 Å². The van der Waals surface area contributed by atoms with Gasteiger partial charge in [0.2, 0.25) is 0 Å². The molecule has 0 radical (unpaired) electrons. The third-order valence-electron chi connectivity index (χ3n) is 3.99. The van der Waals surface area contributed by atoms with E-state index in [1.807, 2.05) is 51.1 Å². The lowest BCUT2D eigenvalue weighted by Crippen LogP contribution is -2.44. The van der Waals surface area contributed by atoms with Gasteiger partial charge in [0.05, 0.1) is 12.1 Å². The van der Waals surface area contributed by atoms with Crippen molar-refractivity contribution in [1.29, 1.82) is 0 Å². The molecule has 0 unspecified atom stereocenters. The third kappa shape index (κ3) is 5.61. The maximum Gasteiger partial charge on any atom is 0.322 e. The third-order valence-corrected chi connectivity index (χ3v) is 3.99. The van der Waals surface area contributed by atoms with Crippen molar-refractivity contribution in [3.8, 4) is 0 Å². The van der Waals surface area contributed by atoms with E-state index < -0.39 is 5.60 Å². The Morgan fingerprint density at radius 2 is 1.64 bits per heavy atom. The molecule has 0 fully saturated rings. The first-order valence-electron chi connectivity index (χ1n) is 8.56. The minimum atomic E-state index is -0.969. The molecule has 0 aliphatic rings. The number of aliphatic hydroxyl groups is 1. The second kappa shape index (κ2) is 7.70. The summed E-state index contributed by atoms with van der Waals surface area (Å²) in [5.41, 5.74) is 4.14. The Kier molecular flexibility index (Phi) is 5.85. The van der Waals surface area contributed by atoms with E-state index >= 15 is 0 Å². The van der Waals surface area contributed by atoms with Crippen molar-refractivity contribution < 1.29 is 9.90 Å². The number of hydrogen-bond acceptors (Lipinski definition) is 2. The molecule has 2 amide bonds. The normalized spacial score (nSPS) is 11.3. The van der Waals surface area contributed by atoms with Crippen molar-refractivity contribution in [2.45, 2.75) is 46.8 Å². The largest absolute Gasteiger partial charge is 0.389 e. The van der Waals surface area contributed by atoms with Gasteiger partial charge in [0.15, 0.2) is 0 Å². The van der Waals surface area contributed by atoms with E-state index in [9.17, 15) is 9.90 Å². The molecule has 0 saturated heterocycles. The number of nitrogens with one attached hydrogen (secondary N) is 1. The lowest BCUT2D eigenvalue weighted by molar-refractivity contribution is 0.0469. The SMILES string of the molecule is Cc1cc(C)c(NC(=O)N(Cc2ccccc2)CC(C)(C)O)c(C)c1. The molecule has 2 aromatic rings. The van der Waals surface area contributed by atoms with Gasteiger partial charge in [-0.2, -0.15) is 0 Å². The molecule has 0 aromatic heterocycles. The number of nitrogens with zero attached hydrogens (tertiary/aromatic N) is 1. The molecule has 0 aliphatic heterocycles. The minimum Gasteiger partial charge on any atom is -0.389 e. The summed E-state index contributed by atoms with van der Waals surface area (Å²) < 4.78 is 0. The van der Waals surface area contributed by atoms with Gasteiger partial charge in [-0.1, -0.05) is 48.0 Å². The van der Waals surface area contributed by atoms with E-state index in [0.29, 0.717) is 6.54 Å². The summed E-state index contributed by atoms with van der Waals surface area (Å²) in [5, 5.41) is 13.2. The number of carbonyl (C=O) groups is 1. The van der Waals surface area contributed by atoms with Crippen LogP contribution in [-0.2, 0) is 6.54 Å². The number of anilines is 1. The van der Waals surface area contributed by atoms with Gasteiger partial charge in [-0.25, -0.2) is 4.79 Å². The first-order chi connectivity index (χ1) is 11.7. The molecule has 0 spiro atoms. The number of carbonyl (C=O) groups excluding carboxylic acids is 1. The van der Waals surface area contributed by atoms with Crippen LogP contribution in [-0.4, -0.2) is 28.2 Å². The summed E-state index contributed by atoms with van der Waals surface area (Å²) >= 11 is 0. The van der Waals surface area contributed by atoms with E-state index in [0.717, 1.165) is 22.4 Å². The highest BCUT2D eigenvalue weighted by molar-refractivity contribution is 5.91.